The Hall–Kier alpha value is -1.56. The number of rotatable bonds is 5. The lowest BCUT2D eigenvalue weighted by Gasteiger charge is -2.07. The predicted molar refractivity (Wildman–Crippen MR) is 98.1 cm³/mol. The van der Waals surface area contributed by atoms with E-state index in [4.69, 9.17) is 11.6 Å². The SMILES string of the molecule is CSCc1cc(Sc2ccc(Cl)cc2)nc(-c2ccncc2)n1. The lowest BCUT2D eigenvalue weighted by molar-refractivity contribution is 1.01. The molecule has 3 aromatic rings. The first kappa shape index (κ1) is 16.3. The molecule has 6 heteroatoms. The van der Waals surface area contributed by atoms with E-state index in [0.29, 0.717) is 0 Å². The highest BCUT2D eigenvalue weighted by Crippen LogP contribution is 2.29. The van der Waals surface area contributed by atoms with Gasteiger partial charge in [0.1, 0.15) is 5.03 Å². The van der Waals surface area contributed by atoms with Gasteiger partial charge in [-0.25, -0.2) is 9.97 Å². The average Bonchev–Trinajstić information content (AvgIpc) is 2.58. The Kier molecular flexibility index (Phi) is 5.54. The summed E-state index contributed by atoms with van der Waals surface area (Å²) in [5, 5.41) is 1.66. The van der Waals surface area contributed by atoms with Gasteiger partial charge in [0.2, 0.25) is 0 Å². The highest BCUT2D eigenvalue weighted by atomic mass is 35.5. The Bertz CT molecular complexity index is 780. The van der Waals surface area contributed by atoms with Crippen LogP contribution in [0.2, 0.25) is 5.02 Å². The molecule has 3 nitrogen and oxygen atoms in total. The van der Waals surface area contributed by atoms with Crippen LogP contribution in [0, 0.1) is 0 Å². The van der Waals surface area contributed by atoms with Crippen molar-refractivity contribution >= 4 is 35.1 Å². The molecular formula is C17H14ClN3S2. The molecule has 0 N–H and O–H groups in total. The van der Waals surface area contributed by atoms with Gasteiger partial charge in [-0.1, -0.05) is 23.4 Å². The Morgan fingerprint density at radius 2 is 1.74 bits per heavy atom. The van der Waals surface area contributed by atoms with Gasteiger partial charge in [0.05, 0.1) is 5.69 Å². The summed E-state index contributed by atoms with van der Waals surface area (Å²) < 4.78 is 0. The van der Waals surface area contributed by atoms with E-state index in [0.717, 1.165) is 37.8 Å². The van der Waals surface area contributed by atoms with E-state index in [-0.39, 0.29) is 0 Å². The largest absolute Gasteiger partial charge is 0.265 e. The number of nitrogens with zero attached hydrogens (tertiary/aromatic N) is 3. The van der Waals surface area contributed by atoms with Crippen molar-refractivity contribution in [1.29, 1.82) is 0 Å². The summed E-state index contributed by atoms with van der Waals surface area (Å²) in [5.41, 5.74) is 2.00. The molecule has 0 radical (unpaired) electrons. The molecule has 0 unspecified atom stereocenters. The fraction of sp³-hybridized carbons (Fsp3) is 0.118. The van der Waals surface area contributed by atoms with Crippen molar-refractivity contribution in [2.24, 2.45) is 0 Å². The first-order valence-electron chi connectivity index (χ1n) is 6.95. The minimum atomic E-state index is 0.732. The van der Waals surface area contributed by atoms with E-state index in [1.54, 1.807) is 35.9 Å². The fourth-order valence-electron chi connectivity index (χ4n) is 2.00. The molecule has 2 heterocycles. The van der Waals surface area contributed by atoms with Gasteiger partial charge in [0, 0.05) is 33.6 Å². The third-order valence-corrected chi connectivity index (χ3v) is 4.79. The van der Waals surface area contributed by atoms with Gasteiger partial charge in [0.15, 0.2) is 5.82 Å². The van der Waals surface area contributed by atoms with Crippen LogP contribution in [0.1, 0.15) is 5.69 Å². The summed E-state index contributed by atoms with van der Waals surface area (Å²) in [6.45, 7) is 0. The van der Waals surface area contributed by atoms with E-state index in [1.807, 2.05) is 42.5 Å². The molecule has 1 aromatic carbocycles. The van der Waals surface area contributed by atoms with Crippen molar-refractivity contribution < 1.29 is 0 Å². The molecule has 3 rings (SSSR count). The van der Waals surface area contributed by atoms with Crippen molar-refractivity contribution in [1.82, 2.24) is 15.0 Å². The lowest BCUT2D eigenvalue weighted by atomic mass is 10.2. The van der Waals surface area contributed by atoms with Gasteiger partial charge in [-0.2, -0.15) is 11.8 Å². The van der Waals surface area contributed by atoms with Crippen LogP contribution >= 0.6 is 35.1 Å². The van der Waals surface area contributed by atoms with Crippen LogP contribution in [-0.4, -0.2) is 21.2 Å². The summed E-state index contributed by atoms with van der Waals surface area (Å²) in [4.78, 5) is 14.5. The van der Waals surface area contributed by atoms with Crippen LogP contribution in [0.15, 0.2) is 64.8 Å². The molecular weight excluding hydrogens is 346 g/mol. The highest BCUT2D eigenvalue weighted by molar-refractivity contribution is 7.99. The Morgan fingerprint density at radius 3 is 2.43 bits per heavy atom. The van der Waals surface area contributed by atoms with Crippen molar-refractivity contribution in [2.45, 2.75) is 15.7 Å². The molecule has 0 aliphatic rings. The van der Waals surface area contributed by atoms with Crippen molar-refractivity contribution in [3.05, 3.63) is 65.6 Å². The number of aromatic nitrogens is 3. The Balaban J connectivity index is 1.95. The maximum atomic E-state index is 5.94. The normalized spacial score (nSPS) is 10.7. The highest BCUT2D eigenvalue weighted by Gasteiger charge is 2.08. The van der Waals surface area contributed by atoms with E-state index in [9.17, 15) is 0 Å². The number of halogens is 1. The molecule has 116 valence electrons. The van der Waals surface area contributed by atoms with Gasteiger partial charge >= 0.3 is 0 Å². The van der Waals surface area contributed by atoms with Gasteiger partial charge < -0.3 is 0 Å². The van der Waals surface area contributed by atoms with Gasteiger partial charge in [-0.15, -0.1) is 0 Å². The smallest absolute Gasteiger partial charge is 0.160 e. The molecule has 0 bridgehead atoms. The standard InChI is InChI=1S/C17H14ClN3S2/c1-22-11-14-10-16(23-15-4-2-13(18)3-5-15)21-17(20-14)12-6-8-19-9-7-12/h2-10H,11H2,1H3. The van der Waals surface area contributed by atoms with Crippen LogP contribution in [-0.2, 0) is 5.75 Å². The summed E-state index contributed by atoms with van der Waals surface area (Å²) >= 11 is 9.30. The molecule has 0 saturated heterocycles. The molecule has 0 saturated carbocycles. The first-order valence-corrected chi connectivity index (χ1v) is 9.54. The monoisotopic (exact) mass is 359 g/mol. The maximum Gasteiger partial charge on any atom is 0.160 e. The van der Waals surface area contributed by atoms with Gasteiger partial charge in [-0.05, 0) is 48.7 Å². The van der Waals surface area contributed by atoms with E-state index in [1.165, 1.54) is 0 Å². The molecule has 0 aliphatic carbocycles. The molecule has 0 amide bonds. The van der Waals surface area contributed by atoms with Crippen molar-refractivity contribution in [3.8, 4) is 11.4 Å². The molecule has 0 aliphatic heterocycles. The zero-order valence-electron chi connectivity index (χ0n) is 12.4. The molecule has 0 atom stereocenters. The number of hydrogen-bond acceptors (Lipinski definition) is 5. The zero-order valence-corrected chi connectivity index (χ0v) is 14.8. The Morgan fingerprint density at radius 1 is 1.00 bits per heavy atom. The Labute approximate surface area is 148 Å². The van der Waals surface area contributed by atoms with Gasteiger partial charge in [0.25, 0.3) is 0 Å². The van der Waals surface area contributed by atoms with Crippen LogP contribution in [0.25, 0.3) is 11.4 Å². The predicted octanol–water partition coefficient (Wildman–Crippen LogP) is 5.21. The summed E-state index contributed by atoms with van der Waals surface area (Å²) in [7, 11) is 0. The van der Waals surface area contributed by atoms with E-state index in [2.05, 4.69) is 21.2 Å². The van der Waals surface area contributed by atoms with E-state index >= 15 is 0 Å². The molecule has 0 fully saturated rings. The molecule has 0 spiro atoms. The summed E-state index contributed by atoms with van der Waals surface area (Å²) in [5.74, 6) is 1.59. The first-order chi connectivity index (χ1) is 11.2. The summed E-state index contributed by atoms with van der Waals surface area (Å²) in [6.07, 6.45) is 5.58. The average molecular weight is 360 g/mol. The molecule has 2 aromatic heterocycles. The third kappa shape index (κ3) is 4.47. The second-order valence-electron chi connectivity index (χ2n) is 4.75. The number of pyridine rings is 1. The topological polar surface area (TPSA) is 38.7 Å². The van der Waals surface area contributed by atoms with E-state index < -0.39 is 0 Å². The zero-order chi connectivity index (χ0) is 16.1. The number of benzene rings is 1. The quantitative estimate of drug-likeness (QED) is 0.585. The van der Waals surface area contributed by atoms with Crippen LogP contribution in [0.4, 0.5) is 0 Å². The van der Waals surface area contributed by atoms with Gasteiger partial charge in [-0.3, -0.25) is 4.98 Å². The number of thioether (sulfide) groups is 1. The van der Waals surface area contributed by atoms with Crippen LogP contribution < -0.4 is 0 Å². The fourth-order valence-corrected chi connectivity index (χ4v) is 3.41. The minimum Gasteiger partial charge on any atom is -0.265 e. The van der Waals surface area contributed by atoms with Crippen LogP contribution in [0.3, 0.4) is 0 Å². The lowest BCUT2D eigenvalue weighted by Crippen LogP contribution is -1.96. The van der Waals surface area contributed by atoms with Crippen molar-refractivity contribution in [2.75, 3.05) is 6.26 Å². The maximum absolute atomic E-state index is 5.94. The summed E-state index contributed by atoms with van der Waals surface area (Å²) in [6, 6.07) is 13.7. The van der Waals surface area contributed by atoms with Crippen LogP contribution in [0.5, 0.6) is 0 Å². The minimum absolute atomic E-state index is 0.732. The van der Waals surface area contributed by atoms with Crippen molar-refractivity contribution in [3.63, 3.8) is 0 Å². The molecule has 23 heavy (non-hydrogen) atoms. The number of hydrogen-bond donors (Lipinski definition) is 0. The third-order valence-electron chi connectivity index (χ3n) is 3.02. The second kappa shape index (κ2) is 7.81. The second-order valence-corrected chi connectivity index (χ2v) is 7.14.